The van der Waals surface area contributed by atoms with Gasteiger partial charge in [0.2, 0.25) is 15.9 Å². The van der Waals surface area contributed by atoms with E-state index in [9.17, 15) is 17.6 Å². The van der Waals surface area contributed by atoms with Gasteiger partial charge in [0, 0.05) is 18.7 Å². The SMILES string of the molecule is CCCCC(CC)CNC(=O)CN(Cc1ccccc1F)S(C)(=O)=O. The molecule has 0 saturated heterocycles. The minimum absolute atomic E-state index is 0.161. The Hall–Kier alpha value is -1.47. The van der Waals surface area contributed by atoms with E-state index in [1.165, 1.54) is 18.2 Å². The molecular weight excluding hydrogens is 343 g/mol. The molecular formula is C18H29FN2O3S. The Bertz CT molecular complexity index is 649. The van der Waals surface area contributed by atoms with Gasteiger partial charge in [-0.1, -0.05) is 51.3 Å². The lowest BCUT2D eigenvalue weighted by Crippen LogP contribution is -2.41. The quantitative estimate of drug-likeness (QED) is 0.649. The molecule has 0 heterocycles. The smallest absolute Gasteiger partial charge is 0.235 e. The third-order valence-electron chi connectivity index (χ3n) is 4.22. The number of rotatable bonds is 11. The van der Waals surface area contributed by atoms with Crippen molar-refractivity contribution in [2.24, 2.45) is 5.92 Å². The van der Waals surface area contributed by atoms with Crippen molar-refractivity contribution in [2.45, 2.75) is 46.1 Å². The molecule has 0 aromatic heterocycles. The minimum atomic E-state index is -3.63. The van der Waals surface area contributed by atoms with Gasteiger partial charge in [0.05, 0.1) is 12.8 Å². The molecule has 1 N–H and O–H groups in total. The predicted octanol–water partition coefficient (Wildman–Crippen LogP) is 2.92. The highest BCUT2D eigenvalue weighted by Crippen LogP contribution is 2.13. The first kappa shape index (κ1) is 21.6. The summed E-state index contributed by atoms with van der Waals surface area (Å²) in [6.07, 6.45) is 5.24. The Kier molecular flexibility index (Phi) is 9.06. The van der Waals surface area contributed by atoms with Gasteiger partial charge in [-0.15, -0.1) is 0 Å². The summed E-state index contributed by atoms with van der Waals surface area (Å²) in [5.41, 5.74) is 0.245. The van der Waals surface area contributed by atoms with Crippen molar-refractivity contribution in [1.29, 1.82) is 0 Å². The number of benzene rings is 1. The van der Waals surface area contributed by atoms with Gasteiger partial charge in [-0.05, 0) is 18.4 Å². The van der Waals surface area contributed by atoms with E-state index in [4.69, 9.17) is 0 Å². The standard InChI is InChI=1S/C18H29FN2O3S/c1-4-6-9-15(5-2)12-20-18(22)14-21(25(3,23)24)13-16-10-7-8-11-17(16)19/h7-8,10-11,15H,4-6,9,12-14H2,1-3H3,(H,20,22). The lowest BCUT2D eigenvalue weighted by atomic mass is 9.99. The molecule has 7 heteroatoms. The summed E-state index contributed by atoms with van der Waals surface area (Å²) >= 11 is 0. The summed E-state index contributed by atoms with van der Waals surface area (Å²) in [5.74, 6) is -0.457. The normalized spacial score (nSPS) is 13.0. The summed E-state index contributed by atoms with van der Waals surface area (Å²) in [4.78, 5) is 12.2. The van der Waals surface area contributed by atoms with Gasteiger partial charge in [0.1, 0.15) is 5.82 Å². The maximum absolute atomic E-state index is 13.8. The Morgan fingerprint density at radius 2 is 1.96 bits per heavy atom. The molecule has 142 valence electrons. The van der Waals surface area contributed by atoms with Crippen LogP contribution in [0.5, 0.6) is 0 Å². The molecule has 0 saturated carbocycles. The molecule has 5 nitrogen and oxygen atoms in total. The highest BCUT2D eigenvalue weighted by Gasteiger charge is 2.22. The van der Waals surface area contributed by atoms with E-state index in [-0.39, 0.29) is 24.6 Å². The second-order valence-electron chi connectivity index (χ2n) is 6.34. The van der Waals surface area contributed by atoms with Crippen LogP contribution in [0.3, 0.4) is 0 Å². The fourth-order valence-electron chi connectivity index (χ4n) is 2.52. The molecule has 1 amide bonds. The van der Waals surface area contributed by atoms with Crippen molar-refractivity contribution in [3.05, 3.63) is 35.6 Å². The number of hydrogen-bond acceptors (Lipinski definition) is 3. The summed E-state index contributed by atoms with van der Waals surface area (Å²) in [5, 5.41) is 2.81. The molecule has 0 spiro atoms. The molecule has 1 rings (SSSR count). The van der Waals surface area contributed by atoms with Crippen LogP contribution in [-0.4, -0.2) is 38.0 Å². The van der Waals surface area contributed by atoms with Crippen molar-refractivity contribution < 1.29 is 17.6 Å². The molecule has 1 unspecified atom stereocenters. The van der Waals surface area contributed by atoms with E-state index in [0.29, 0.717) is 12.5 Å². The van der Waals surface area contributed by atoms with E-state index in [2.05, 4.69) is 19.2 Å². The summed E-state index contributed by atoms with van der Waals surface area (Å²) < 4.78 is 38.6. The van der Waals surface area contributed by atoms with Gasteiger partial charge in [-0.2, -0.15) is 4.31 Å². The van der Waals surface area contributed by atoms with Crippen LogP contribution in [0.15, 0.2) is 24.3 Å². The molecule has 1 atom stereocenters. The highest BCUT2D eigenvalue weighted by molar-refractivity contribution is 7.88. The van der Waals surface area contributed by atoms with Crippen molar-refractivity contribution in [2.75, 3.05) is 19.3 Å². The third-order valence-corrected chi connectivity index (χ3v) is 5.42. The van der Waals surface area contributed by atoms with Crippen molar-refractivity contribution >= 4 is 15.9 Å². The van der Waals surface area contributed by atoms with Crippen LogP contribution in [0.2, 0.25) is 0 Å². The maximum Gasteiger partial charge on any atom is 0.235 e. The molecule has 1 aromatic carbocycles. The van der Waals surface area contributed by atoms with Crippen LogP contribution in [0.4, 0.5) is 4.39 Å². The van der Waals surface area contributed by atoms with Crippen LogP contribution >= 0.6 is 0 Å². The van der Waals surface area contributed by atoms with Gasteiger partial charge in [0.15, 0.2) is 0 Å². The molecule has 0 bridgehead atoms. The number of hydrogen-bond donors (Lipinski definition) is 1. The highest BCUT2D eigenvalue weighted by atomic mass is 32.2. The van der Waals surface area contributed by atoms with Crippen LogP contribution < -0.4 is 5.32 Å². The second-order valence-corrected chi connectivity index (χ2v) is 8.33. The molecule has 25 heavy (non-hydrogen) atoms. The first-order valence-corrected chi connectivity index (χ1v) is 10.6. The average Bonchev–Trinajstić information content (AvgIpc) is 2.55. The number of unbranched alkanes of at least 4 members (excludes halogenated alkanes) is 1. The van der Waals surface area contributed by atoms with Gasteiger partial charge in [-0.3, -0.25) is 4.79 Å². The van der Waals surface area contributed by atoms with E-state index in [1.807, 2.05) is 0 Å². The number of sulfonamides is 1. The Morgan fingerprint density at radius 1 is 1.28 bits per heavy atom. The molecule has 0 fully saturated rings. The summed E-state index contributed by atoms with van der Waals surface area (Å²) in [6, 6.07) is 5.97. The molecule has 0 aliphatic carbocycles. The molecule has 0 aliphatic heterocycles. The van der Waals surface area contributed by atoms with Crippen molar-refractivity contribution in [1.82, 2.24) is 9.62 Å². The van der Waals surface area contributed by atoms with Gasteiger partial charge < -0.3 is 5.32 Å². The zero-order valence-corrected chi connectivity index (χ0v) is 16.1. The van der Waals surface area contributed by atoms with E-state index in [1.54, 1.807) is 6.07 Å². The molecule has 0 radical (unpaired) electrons. The van der Waals surface area contributed by atoms with E-state index >= 15 is 0 Å². The van der Waals surface area contributed by atoms with Crippen LogP contribution in [0, 0.1) is 11.7 Å². The van der Waals surface area contributed by atoms with E-state index in [0.717, 1.165) is 36.2 Å². The topological polar surface area (TPSA) is 66.5 Å². The second kappa shape index (κ2) is 10.5. The lowest BCUT2D eigenvalue weighted by Gasteiger charge is -2.21. The number of carbonyl (C=O) groups is 1. The first-order chi connectivity index (χ1) is 11.8. The first-order valence-electron chi connectivity index (χ1n) is 8.73. The largest absolute Gasteiger partial charge is 0.355 e. The maximum atomic E-state index is 13.8. The third kappa shape index (κ3) is 7.96. The average molecular weight is 373 g/mol. The van der Waals surface area contributed by atoms with Crippen LogP contribution in [0.25, 0.3) is 0 Å². The van der Waals surface area contributed by atoms with Crippen LogP contribution in [-0.2, 0) is 21.4 Å². The Morgan fingerprint density at radius 3 is 2.52 bits per heavy atom. The number of carbonyl (C=O) groups excluding carboxylic acids is 1. The zero-order chi connectivity index (χ0) is 18.9. The predicted molar refractivity (Wildman–Crippen MR) is 98.0 cm³/mol. The number of amides is 1. The number of nitrogens with one attached hydrogen (secondary N) is 1. The lowest BCUT2D eigenvalue weighted by molar-refractivity contribution is -0.121. The molecule has 0 aliphatic rings. The van der Waals surface area contributed by atoms with Crippen molar-refractivity contribution in [3.8, 4) is 0 Å². The summed E-state index contributed by atoms with van der Waals surface area (Å²) in [6.45, 7) is 4.27. The zero-order valence-electron chi connectivity index (χ0n) is 15.3. The minimum Gasteiger partial charge on any atom is -0.355 e. The number of halogens is 1. The van der Waals surface area contributed by atoms with Crippen molar-refractivity contribution in [3.63, 3.8) is 0 Å². The van der Waals surface area contributed by atoms with Gasteiger partial charge in [-0.25, -0.2) is 12.8 Å². The van der Waals surface area contributed by atoms with E-state index < -0.39 is 15.8 Å². The Balaban J connectivity index is 2.66. The van der Waals surface area contributed by atoms with Gasteiger partial charge >= 0.3 is 0 Å². The molecule has 1 aromatic rings. The number of nitrogens with zero attached hydrogens (tertiary/aromatic N) is 1. The fourth-order valence-corrected chi connectivity index (χ4v) is 3.25. The monoisotopic (exact) mass is 372 g/mol. The Labute approximate surface area is 150 Å². The van der Waals surface area contributed by atoms with Crippen LogP contribution in [0.1, 0.15) is 45.1 Å². The summed E-state index contributed by atoms with van der Waals surface area (Å²) in [7, 11) is -3.63. The fraction of sp³-hybridized carbons (Fsp3) is 0.611. The van der Waals surface area contributed by atoms with Gasteiger partial charge in [0.25, 0.3) is 0 Å².